The third-order valence-corrected chi connectivity index (χ3v) is 3.65. The molecule has 0 N–H and O–H groups in total. The van der Waals surface area contributed by atoms with Crippen LogP contribution in [0.2, 0.25) is 0 Å². The zero-order valence-electron chi connectivity index (χ0n) is 10.3. The highest BCUT2D eigenvalue weighted by Gasteiger charge is 2.40. The minimum Gasteiger partial charge on any atom is -0.377 e. The van der Waals surface area contributed by atoms with E-state index in [1.54, 1.807) is 4.90 Å². The van der Waals surface area contributed by atoms with Crippen molar-refractivity contribution in [3.05, 3.63) is 0 Å². The second-order valence-corrected chi connectivity index (χ2v) is 5.09. The largest absolute Gasteiger partial charge is 0.377 e. The van der Waals surface area contributed by atoms with E-state index in [1.807, 2.05) is 4.90 Å². The number of hydrogen-bond acceptors (Lipinski definition) is 4. The van der Waals surface area contributed by atoms with Crippen molar-refractivity contribution < 1.29 is 19.1 Å². The van der Waals surface area contributed by atoms with Gasteiger partial charge in [-0.15, -0.1) is 0 Å². The zero-order valence-corrected chi connectivity index (χ0v) is 10.3. The first-order chi connectivity index (χ1) is 8.75. The lowest BCUT2D eigenvalue weighted by atomic mass is 10.2. The monoisotopic (exact) mass is 254 g/mol. The van der Waals surface area contributed by atoms with Crippen LogP contribution in [-0.4, -0.2) is 73.2 Å². The second kappa shape index (κ2) is 4.85. The van der Waals surface area contributed by atoms with Crippen molar-refractivity contribution in [2.24, 2.45) is 0 Å². The highest BCUT2D eigenvalue weighted by Crippen LogP contribution is 2.30. The summed E-state index contributed by atoms with van der Waals surface area (Å²) in [7, 11) is 0. The number of carbonyl (C=O) groups excluding carboxylic acids is 2. The molecule has 3 fully saturated rings. The molecular formula is C12H18N2O4. The van der Waals surface area contributed by atoms with Gasteiger partial charge in [0.2, 0.25) is 11.8 Å². The number of hydrogen-bond donors (Lipinski definition) is 0. The molecule has 0 radical (unpaired) electrons. The van der Waals surface area contributed by atoms with Gasteiger partial charge in [0.25, 0.3) is 0 Å². The lowest BCUT2D eigenvalue weighted by Gasteiger charge is -2.39. The first-order valence-electron chi connectivity index (χ1n) is 6.50. The molecule has 0 aromatic carbocycles. The maximum absolute atomic E-state index is 12.3. The molecule has 6 nitrogen and oxygen atoms in total. The highest BCUT2D eigenvalue weighted by molar-refractivity contribution is 5.86. The van der Waals surface area contributed by atoms with Crippen LogP contribution in [0.25, 0.3) is 0 Å². The van der Waals surface area contributed by atoms with E-state index >= 15 is 0 Å². The fraction of sp³-hybridized carbons (Fsp3) is 0.833. The Hall–Kier alpha value is -1.14. The van der Waals surface area contributed by atoms with Crippen LogP contribution in [-0.2, 0) is 19.1 Å². The van der Waals surface area contributed by atoms with Gasteiger partial charge < -0.3 is 19.3 Å². The summed E-state index contributed by atoms with van der Waals surface area (Å²) in [5.74, 6) is -0.0312. The molecule has 1 saturated carbocycles. The summed E-state index contributed by atoms with van der Waals surface area (Å²) in [5.41, 5.74) is 0. The number of amides is 2. The van der Waals surface area contributed by atoms with E-state index in [1.165, 1.54) is 0 Å². The quantitative estimate of drug-likeness (QED) is 0.661. The Morgan fingerprint density at radius 2 is 2.06 bits per heavy atom. The minimum atomic E-state index is -0.0878. The summed E-state index contributed by atoms with van der Waals surface area (Å²) in [6.45, 7) is 2.61. The van der Waals surface area contributed by atoms with E-state index in [0.29, 0.717) is 32.4 Å². The number of morpholine rings is 1. The molecule has 6 heteroatoms. The fourth-order valence-corrected chi connectivity index (χ4v) is 2.40. The zero-order chi connectivity index (χ0) is 12.5. The Morgan fingerprint density at radius 1 is 1.28 bits per heavy atom. The molecule has 3 aliphatic rings. The van der Waals surface area contributed by atoms with Crippen molar-refractivity contribution in [2.75, 3.05) is 39.5 Å². The summed E-state index contributed by atoms with van der Waals surface area (Å²) < 4.78 is 10.2. The topological polar surface area (TPSA) is 59.1 Å². The molecule has 2 aliphatic heterocycles. The molecule has 0 bridgehead atoms. The van der Waals surface area contributed by atoms with Crippen LogP contribution < -0.4 is 0 Å². The van der Waals surface area contributed by atoms with E-state index in [2.05, 4.69) is 0 Å². The van der Waals surface area contributed by atoms with Crippen molar-refractivity contribution in [3.8, 4) is 0 Å². The van der Waals surface area contributed by atoms with Crippen LogP contribution in [0, 0.1) is 0 Å². The lowest BCUT2D eigenvalue weighted by Crippen LogP contribution is -2.56. The van der Waals surface area contributed by atoms with Crippen molar-refractivity contribution >= 4 is 11.8 Å². The molecular weight excluding hydrogens is 236 g/mol. The van der Waals surface area contributed by atoms with Gasteiger partial charge in [-0.25, -0.2) is 0 Å². The molecule has 0 aromatic heterocycles. The standard InChI is InChI=1S/C12H18N2O4/c15-11(5-13-3-4-17-8-12(13)16)14(9-1-2-9)10-6-18-7-10/h9-10H,1-8H2. The van der Waals surface area contributed by atoms with Crippen LogP contribution in [0.3, 0.4) is 0 Å². The Kier molecular flexibility index (Phi) is 3.22. The van der Waals surface area contributed by atoms with E-state index in [0.717, 1.165) is 12.8 Å². The molecule has 18 heavy (non-hydrogen) atoms. The first-order valence-corrected chi connectivity index (χ1v) is 6.50. The summed E-state index contributed by atoms with van der Waals surface area (Å²) in [4.78, 5) is 27.4. The van der Waals surface area contributed by atoms with Gasteiger partial charge in [0, 0.05) is 12.6 Å². The minimum absolute atomic E-state index is 0.0565. The molecule has 2 heterocycles. The summed E-state index contributed by atoms with van der Waals surface area (Å²) in [6, 6.07) is 0.601. The molecule has 100 valence electrons. The Morgan fingerprint density at radius 3 is 2.61 bits per heavy atom. The molecule has 0 atom stereocenters. The summed E-state index contributed by atoms with van der Waals surface area (Å²) >= 11 is 0. The average molecular weight is 254 g/mol. The van der Waals surface area contributed by atoms with E-state index < -0.39 is 0 Å². The smallest absolute Gasteiger partial charge is 0.249 e. The molecule has 1 aliphatic carbocycles. The SMILES string of the molecule is O=C1COCCN1CC(=O)N(C1CC1)C1COC1. The second-order valence-electron chi connectivity index (χ2n) is 5.09. The van der Waals surface area contributed by atoms with Crippen molar-refractivity contribution in [1.29, 1.82) is 0 Å². The first kappa shape index (κ1) is 11.9. The molecule has 2 amide bonds. The van der Waals surface area contributed by atoms with Gasteiger partial charge in [-0.1, -0.05) is 0 Å². The van der Waals surface area contributed by atoms with Gasteiger partial charge >= 0.3 is 0 Å². The average Bonchev–Trinajstić information content (AvgIpc) is 3.10. The van der Waals surface area contributed by atoms with Gasteiger partial charge in [-0.3, -0.25) is 9.59 Å². The number of nitrogens with zero attached hydrogens (tertiary/aromatic N) is 2. The molecule has 0 spiro atoms. The lowest BCUT2D eigenvalue weighted by molar-refractivity contribution is -0.154. The molecule has 0 aromatic rings. The van der Waals surface area contributed by atoms with Crippen molar-refractivity contribution in [1.82, 2.24) is 9.80 Å². The number of carbonyl (C=O) groups is 2. The molecule has 0 unspecified atom stereocenters. The van der Waals surface area contributed by atoms with Crippen LogP contribution in [0.1, 0.15) is 12.8 Å². The third-order valence-electron chi connectivity index (χ3n) is 3.65. The summed E-state index contributed by atoms with van der Waals surface area (Å²) in [5, 5.41) is 0. The van der Waals surface area contributed by atoms with E-state index in [9.17, 15) is 9.59 Å². The Bertz CT molecular complexity index is 352. The van der Waals surface area contributed by atoms with Crippen molar-refractivity contribution in [2.45, 2.75) is 24.9 Å². The normalized spacial score (nSPS) is 24.9. The maximum atomic E-state index is 12.3. The van der Waals surface area contributed by atoms with Crippen molar-refractivity contribution in [3.63, 3.8) is 0 Å². The Labute approximate surface area is 106 Å². The molecule has 2 saturated heterocycles. The highest BCUT2D eigenvalue weighted by atomic mass is 16.5. The maximum Gasteiger partial charge on any atom is 0.249 e. The molecule has 3 rings (SSSR count). The van der Waals surface area contributed by atoms with Gasteiger partial charge in [-0.2, -0.15) is 0 Å². The van der Waals surface area contributed by atoms with Gasteiger partial charge in [0.1, 0.15) is 6.61 Å². The van der Waals surface area contributed by atoms with Crippen LogP contribution in [0.5, 0.6) is 0 Å². The number of rotatable bonds is 4. The van der Waals surface area contributed by atoms with Gasteiger partial charge in [0.15, 0.2) is 0 Å². The summed E-state index contributed by atoms with van der Waals surface area (Å²) in [6.07, 6.45) is 2.17. The van der Waals surface area contributed by atoms with Crippen LogP contribution in [0.15, 0.2) is 0 Å². The Balaban J connectivity index is 1.59. The third kappa shape index (κ3) is 2.35. The van der Waals surface area contributed by atoms with Gasteiger partial charge in [-0.05, 0) is 12.8 Å². The van der Waals surface area contributed by atoms with Crippen LogP contribution in [0.4, 0.5) is 0 Å². The number of ether oxygens (including phenoxy) is 2. The van der Waals surface area contributed by atoms with E-state index in [-0.39, 0.29) is 31.0 Å². The van der Waals surface area contributed by atoms with Crippen LogP contribution >= 0.6 is 0 Å². The van der Waals surface area contributed by atoms with E-state index in [4.69, 9.17) is 9.47 Å². The van der Waals surface area contributed by atoms with Gasteiger partial charge in [0.05, 0.1) is 32.4 Å². The predicted octanol–water partition coefficient (Wildman–Crippen LogP) is -0.765. The predicted molar refractivity (Wildman–Crippen MR) is 61.9 cm³/mol. The fourth-order valence-electron chi connectivity index (χ4n) is 2.40.